The lowest BCUT2D eigenvalue weighted by Crippen LogP contribution is -2.26. The smallest absolute Gasteiger partial charge is 0.272 e. The van der Waals surface area contributed by atoms with Crippen LogP contribution in [0.15, 0.2) is 39.8 Å². The molecule has 0 aliphatic carbocycles. The standard InChI is InChI=1S/C11H11N5O3.C8H10/c1-7-8(12)5-13-16(11(7)18)6-10-14-9(15-19-10)3-2-4-17;1-7-3-5-8(2)6-4-7/h5,17H,3,6,12H2,1H3;3-6H,1-2H3. The van der Waals surface area contributed by atoms with Crippen molar-refractivity contribution in [1.82, 2.24) is 19.9 Å². The van der Waals surface area contributed by atoms with E-state index in [2.05, 4.69) is 59.3 Å². The van der Waals surface area contributed by atoms with Gasteiger partial charge in [-0.2, -0.15) is 10.1 Å². The Morgan fingerprint density at radius 1 is 1.19 bits per heavy atom. The van der Waals surface area contributed by atoms with E-state index in [0.29, 0.717) is 17.1 Å². The maximum Gasteiger partial charge on any atom is 0.272 e. The lowest BCUT2D eigenvalue weighted by molar-refractivity contribution is 0.359. The molecule has 0 aliphatic heterocycles. The molecule has 0 saturated heterocycles. The zero-order valence-corrected chi connectivity index (χ0v) is 15.4. The number of benzene rings is 1. The van der Waals surface area contributed by atoms with Crippen molar-refractivity contribution in [3.63, 3.8) is 0 Å². The van der Waals surface area contributed by atoms with E-state index in [1.54, 1.807) is 13.0 Å². The summed E-state index contributed by atoms with van der Waals surface area (Å²) in [6.45, 7) is 5.87. The Balaban J connectivity index is 0.000000273. The topological polar surface area (TPSA) is 120 Å². The van der Waals surface area contributed by atoms with Crippen LogP contribution < -0.4 is 11.3 Å². The summed E-state index contributed by atoms with van der Waals surface area (Å²) in [4.78, 5) is 15.9. The molecule has 0 aliphatic rings. The Labute approximate surface area is 156 Å². The van der Waals surface area contributed by atoms with Gasteiger partial charge in [0.15, 0.2) is 5.82 Å². The lowest BCUT2D eigenvalue weighted by Gasteiger charge is -2.03. The Bertz CT molecular complexity index is 989. The Morgan fingerprint density at radius 2 is 1.81 bits per heavy atom. The van der Waals surface area contributed by atoms with Crippen molar-refractivity contribution in [2.75, 3.05) is 5.73 Å². The van der Waals surface area contributed by atoms with Crippen molar-refractivity contribution in [3.05, 3.63) is 69.2 Å². The maximum atomic E-state index is 11.8. The van der Waals surface area contributed by atoms with Gasteiger partial charge in [0.05, 0.1) is 18.3 Å². The first-order valence-electron chi connectivity index (χ1n) is 8.19. The summed E-state index contributed by atoms with van der Waals surface area (Å²) < 4.78 is 6.13. The van der Waals surface area contributed by atoms with E-state index in [1.165, 1.54) is 22.0 Å². The van der Waals surface area contributed by atoms with Crippen LogP contribution in [0.4, 0.5) is 5.69 Å². The molecule has 27 heavy (non-hydrogen) atoms. The van der Waals surface area contributed by atoms with E-state index in [4.69, 9.17) is 15.4 Å². The molecule has 8 heteroatoms. The molecule has 0 unspecified atom stereocenters. The van der Waals surface area contributed by atoms with Crippen molar-refractivity contribution in [2.24, 2.45) is 0 Å². The summed E-state index contributed by atoms with van der Waals surface area (Å²) in [6, 6.07) is 8.48. The highest BCUT2D eigenvalue weighted by molar-refractivity contribution is 5.41. The highest BCUT2D eigenvalue weighted by atomic mass is 16.5. The van der Waals surface area contributed by atoms with E-state index in [0.717, 1.165) is 0 Å². The molecule has 2 heterocycles. The molecule has 0 spiro atoms. The predicted octanol–water partition coefficient (Wildman–Crippen LogP) is 1.74. The molecule has 140 valence electrons. The van der Waals surface area contributed by atoms with Crippen molar-refractivity contribution in [3.8, 4) is 12.0 Å². The molecule has 3 rings (SSSR count). The second-order valence-corrected chi connectivity index (χ2v) is 5.91. The van der Waals surface area contributed by atoms with E-state index in [9.17, 15) is 4.79 Å². The molecule has 2 aromatic heterocycles. The average Bonchev–Trinajstić information content (AvgIpc) is 3.11. The van der Waals surface area contributed by atoms with Gasteiger partial charge in [-0.3, -0.25) is 4.79 Å². The molecule has 0 bridgehead atoms. The van der Waals surface area contributed by atoms with E-state index < -0.39 is 0 Å². The van der Waals surface area contributed by atoms with E-state index in [1.807, 2.05) is 0 Å². The lowest BCUT2D eigenvalue weighted by atomic mass is 10.2. The quantitative estimate of drug-likeness (QED) is 0.677. The molecule has 0 amide bonds. The fourth-order valence-corrected chi connectivity index (χ4v) is 2.02. The highest BCUT2D eigenvalue weighted by Crippen LogP contribution is 2.03. The minimum Gasteiger partial charge on any atom is -0.462 e. The highest BCUT2D eigenvalue weighted by Gasteiger charge is 2.10. The second kappa shape index (κ2) is 9.20. The molecule has 1 aromatic carbocycles. The minimum atomic E-state index is -0.310. The number of aromatic nitrogens is 4. The summed E-state index contributed by atoms with van der Waals surface area (Å²) in [6.07, 6.45) is 3.31. The van der Waals surface area contributed by atoms with Crippen LogP contribution in [0.25, 0.3) is 0 Å². The number of rotatable bonds is 3. The number of aliphatic hydroxyl groups excluding tert-OH is 1. The number of aliphatic hydroxyl groups is 1. The normalized spacial score (nSPS) is 9.74. The first kappa shape index (κ1) is 19.7. The number of nitrogen functional groups attached to an aromatic ring is 1. The number of nitrogens with zero attached hydrogens (tertiary/aromatic N) is 4. The summed E-state index contributed by atoms with van der Waals surface area (Å²) >= 11 is 0. The number of anilines is 1. The molecule has 0 saturated carbocycles. The van der Waals surface area contributed by atoms with Crippen LogP contribution in [0, 0.1) is 32.8 Å². The van der Waals surface area contributed by atoms with Crippen LogP contribution in [0.5, 0.6) is 0 Å². The molecule has 8 nitrogen and oxygen atoms in total. The molecular weight excluding hydrogens is 346 g/mol. The number of aryl methyl sites for hydroxylation is 2. The summed E-state index contributed by atoms with van der Waals surface area (Å²) in [5.41, 5.74) is 8.68. The number of hydrogen-bond donors (Lipinski definition) is 2. The van der Waals surface area contributed by atoms with Gasteiger partial charge in [-0.1, -0.05) is 46.5 Å². The molecule has 3 aromatic rings. The maximum absolute atomic E-state index is 11.8. The van der Waals surface area contributed by atoms with Crippen LogP contribution in [0.2, 0.25) is 0 Å². The number of hydrogen-bond acceptors (Lipinski definition) is 7. The van der Waals surface area contributed by atoms with Gasteiger partial charge < -0.3 is 15.4 Å². The third-order valence-electron chi connectivity index (χ3n) is 3.66. The Kier molecular flexibility index (Phi) is 6.72. The number of nitrogens with two attached hydrogens (primary N) is 1. The first-order valence-corrected chi connectivity index (χ1v) is 8.19. The largest absolute Gasteiger partial charge is 0.462 e. The van der Waals surface area contributed by atoms with Crippen LogP contribution >= 0.6 is 0 Å². The van der Waals surface area contributed by atoms with Gasteiger partial charge in [0.25, 0.3) is 5.56 Å². The van der Waals surface area contributed by atoms with Gasteiger partial charge >= 0.3 is 0 Å². The average molecular weight is 367 g/mol. The van der Waals surface area contributed by atoms with Crippen molar-refractivity contribution in [2.45, 2.75) is 33.7 Å². The van der Waals surface area contributed by atoms with Gasteiger partial charge in [-0.25, -0.2) is 4.68 Å². The molecule has 0 fully saturated rings. The van der Waals surface area contributed by atoms with Crippen LogP contribution in [-0.4, -0.2) is 25.0 Å². The molecular formula is C19H21N5O3. The van der Waals surface area contributed by atoms with Crippen LogP contribution in [0.3, 0.4) is 0 Å². The zero-order valence-electron chi connectivity index (χ0n) is 15.4. The first-order chi connectivity index (χ1) is 12.9. The predicted molar refractivity (Wildman–Crippen MR) is 100 cm³/mol. The summed E-state index contributed by atoms with van der Waals surface area (Å²) in [5, 5.41) is 15.9. The monoisotopic (exact) mass is 367 g/mol. The van der Waals surface area contributed by atoms with Crippen LogP contribution in [-0.2, 0) is 13.0 Å². The molecule has 0 atom stereocenters. The van der Waals surface area contributed by atoms with Crippen molar-refractivity contribution < 1.29 is 9.63 Å². The Hall–Kier alpha value is -3.60. The van der Waals surface area contributed by atoms with Gasteiger partial charge in [0, 0.05) is 5.56 Å². The summed E-state index contributed by atoms with van der Waals surface area (Å²) in [5.74, 6) is 2.95. The van der Waals surface area contributed by atoms with E-state index >= 15 is 0 Å². The molecule has 3 N–H and O–H groups in total. The second-order valence-electron chi connectivity index (χ2n) is 5.91. The minimum absolute atomic E-state index is 0.0551. The zero-order chi connectivity index (χ0) is 19.8. The fourth-order valence-electron chi connectivity index (χ4n) is 2.02. The Morgan fingerprint density at radius 3 is 2.41 bits per heavy atom. The third kappa shape index (κ3) is 5.71. The SMILES string of the molecule is Cc1c(N)cnn(Cc2nc(CC#CO)no2)c1=O.Cc1ccc(C)cc1. The van der Waals surface area contributed by atoms with Crippen molar-refractivity contribution >= 4 is 5.69 Å². The summed E-state index contributed by atoms with van der Waals surface area (Å²) in [7, 11) is 0. The van der Waals surface area contributed by atoms with Gasteiger partial charge in [0.1, 0.15) is 12.7 Å². The van der Waals surface area contributed by atoms with Gasteiger partial charge in [-0.05, 0) is 20.8 Å². The van der Waals surface area contributed by atoms with Gasteiger partial charge in [-0.15, -0.1) is 0 Å². The van der Waals surface area contributed by atoms with Crippen LogP contribution in [0.1, 0.15) is 28.4 Å². The fraction of sp³-hybridized carbons (Fsp3) is 0.263. The molecule has 0 radical (unpaired) electrons. The third-order valence-corrected chi connectivity index (χ3v) is 3.66. The van der Waals surface area contributed by atoms with Gasteiger partial charge in [0.2, 0.25) is 5.89 Å². The van der Waals surface area contributed by atoms with E-state index in [-0.39, 0.29) is 24.4 Å². The van der Waals surface area contributed by atoms with Crippen molar-refractivity contribution in [1.29, 1.82) is 0 Å².